The molecule has 0 bridgehead atoms. The van der Waals surface area contributed by atoms with E-state index in [2.05, 4.69) is 21.7 Å². The van der Waals surface area contributed by atoms with Gasteiger partial charge >= 0.3 is 0 Å². The van der Waals surface area contributed by atoms with Crippen molar-refractivity contribution >= 4 is 27.4 Å². The Morgan fingerprint density at radius 2 is 2.15 bits per heavy atom. The van der Waals surface area contributed by atoms with Crippen LogP contribution in [-0.2, 0) is 20.0 Å². The second-order valence-electron chi connectivity index (χ2n) is 7.07. The first-order valence-corrected chi connectivity index (χ1v) is 11.1. The van der Waals surface area contributed by atoms with Gasteiger partial charge in [-0.1, -0.05) is 23.7 Å². The summed E-state index contributed by atoms with van der Waals surface area (Å²) in [4.78, 5) is 4.27. The van der Waals surface area contributed by atoms with Gasteiger partial charge in [0.25, 0.3) is 0 Å². The first-order chi connectivity index (χ1) is 12.4. The van der Waals surface area contributed by atoms with E-state index in [9.17, 15) is 8.42 Å². The highest BCUT2D eigenvalue weighted by molar-refractivity contribution is 7.91. The molecule has 0 amide bonds. The van der Waals surface area contributed by atoms with Crippen LogP contribution < -0.4 is 10.6 Å². The van der Waals surface area contributed by atoms with E-state index < -0.39 is 9.84 Å². The van der Waals surface area contributed by atoms with Crippen LogP contribution in [0.25, 0.3) is 0 Å². The van der Waals surface area contributed by atoms with Gasteiger partial charge in [0.2, 0.25) is 0 Å². The molecule has 1 unspecified atom stereocenters. The molecule has 0 radical (unpaired) electrons. The molecule has 1 atom stereocenters. The van der Waals surface area contributed by atoms with Gasteiger partial charge in [-0.05, 0) is 37.0 Å². The smallest absolute Gasteiger partial charge is 0.191 e. The van der Waals surface area contributed by atoms with E-state index in [1.54, 1.807) is 7.05 Å². The predicted molar refractivity (Wildman–Crippen MR) is 105 cm³/mol. The molecule has 6 nitrogen and oxygen atoms in total. The molecular weight excluding hydrogens is 374 g/mol. The molecule has 0 spiro atoms. The van der Waals surface area contributed by atoms with Crippen LogP contribution in [-0.4, -0.2) is 58.7 Å². The summed E-state index contributed by atoms with van der Waals surface area (Å²) in [6.45, 7) is 2.11. The fourth-order valence-corrected chi connectivity index (χ4v) is 5.56. The summed E-state index contributed by atoms with van der Waals surface area (Å²) in [5.41, 5.74) is 1.11. The lowest BCUT2D eigenvalue weighted by atomic mass is 9.74. The topological polar surface area (TPSA) is 79.8 Å². The van der Waals surface area contributed by atoms with E-state index in [1.165, 1.54) is 5.56 Å². The van der Waals surface area contributed by atoms with E-state index in [1.807, 2.05) is 18.2 Å². The summed E-state index contributed by atoms with van der Waals surface area (Å²) >= 11 is 6.21. The summed E-state index contributed by atoms with van der Waals surface area (Å²) in [6.07, 6.45) is 2.42. The van der Waals surface area contributed by atoms with E-state index in [4.69, 9.17) is 16.3 Å². The molecule has 2 aliphatic heterocycles. The number of rotatable bonds is 4. The molecule has 2 N–H and O–H groups in total. The van der Waals surface area contributed by atoms with Crippen molar-refractivity contribution in [1.29, 1.82) is 0 Å². The van der Waals surface area contributed by atoms with Gasteiger partial charge in [-0.25, -0.2) is 8.42 Å². The number of nitrogens with one attached hydrogen (secondary N) is 2. The van der Waals surface area contributed by atoms with Crippen molar-refractivity contribution in [3.8, 4) is 0 Å². The minimum Gasteiger partial charge on any atom is -0.381 e. The van der Waals surface area contributed by atoms with Crippen molar-refractivity contribution in [2.75, 3.05) is 38.3 Å². The minimum atomic E-state index is -2.92. The maximum atomic E-state index is 11.7. The molecule has 0 aliphatic carbocycles. The van der Waals surface area contributed by atoms with Crippen molar-refractivity contribution in [2.24, 2.45) is 4.99 Å². The number of guanidine groups is 1. The van der Waals surface area contributed by atoms with Gasteiger partial charge in [0.1, 0.15) is 0 Å². The maximum absolute atomic E-state index is 11.7. The molecule has 2 aliphatic rings. The fourth-order valence-electron chi connectivity index (χ4n) is 3.70. The second-order valence-corrected chi connectivity index (χ2v) is 9.74. The van der Waals surface area contributed by atoms with Crippen molar-refractivity contribution in [3.63, 3.8) is 0 Å². The highest BCUT2D eigenvalue weighted by Crippen LogP contribution is 2.35. The summed E-state index contributed by atoms with van der Waals surface area (Å²) in [5, 5.41) is 7.37. The number of ether oxygens (including phenoxy) is 1. The van der Waals surface area contributed by atoms with Gasteiger partial charge in [0.05, 0.1) is 11.5 Å². The van der Waals surface area contributed by atoms with Crippen molar-refractivity contribution < 1.29 is 13.2 Å². The lowest BCUT2D eigenvalue weighted by Crippen LogP contribution is -2.50. The summed E-state index contributed by atoms with van der Waals surface area (Å²) < 4.78 is 28.9. The van der Waals surface area contributed by atoms with Crippen LogP contribution in [0.4, 0.5) is 0 Å². The Morgan fingerprint density at radius 1 is 1.38 bits per heavy atom. The van der Waals surface area contributed by atoms with Gasteiger partial charge in [0.15, 0.2) is 15.8 Å². The van der Waals surface area contributed by atoms with E-state index in [-0.39, 0.29) is 23.0 Å². The molecule has 2 heterocycles. The quantitative estimate of drug-likeness (QED) is 0.595. The van der Waals surface area contributed by atoms with E-state index in [0.29, 0.717) is 32.1 Å². The molecule has 1 aromatic rings. The average Bonchev–Trinajstić information content (AvgIpc) is 2.98. The van der Waals surface area contributed by atoms with Crippen LogP contribution >= 0.6 is 11.6 Å². The average molecular weight is 400 g/mol. The number of benzene rings is 1. The van der Waals surface area contributed by atoms with Gasteiger partial charge in [-0.2, -0.15) is 0 Å². The summed E-state index contributed by atoms with van der Waals surface area (Å²) in [6, 6.07) is 7.91. The Kier molecular flexibility index (Phi) is 6.10. The summed E-state index contributed by atoms with van der Waals surface area (Å²) in [7, 11) is -1.22. The van der Waals surface area contributed by atoms with E-state index >= 15 is 0 Å². The van der Waals surface area contributed by atoms with Gasteiger partial charge < -0.3 is 15.4 Å². The lowest BCUT2D eigenvalue weighted by molar-refractivity contribution is 0.0513. The van der Waals surface area contributed by atoms with E-state index in [0.717, 1.165) is 17.9 Å². The van der Waals surface area contributed by atoms with Crippen LogP contribution in [0.1, 0.15) is 24.8 Å². The Hall–Kier alpha value is -1.31. The zero-order chi connectivity index (χ0) is 18.6. The molecule has 1 aromatic carbocycles. The maximum Gasteiger partial charge on any atom is 0.191 e. The standard InChI is InChI=1S/C18H26ClN3O3S/c1-20-17(22-16-5-10-26(23,24)12-16)21-13-18(6-8-25-9-7-18)14-3-2-4-15(19)11-14/h2-4,11,16H,5-10,12-13H2,1H3,(H2,20,21,22). The minimum absolute atomic E-state index is 0.0805. The molecule has 2 saturated heterocycles. The first-order valence-electron chi connectivity index (χ1n) is 8.94. The number of sulfone groups is 1. The Balaban J connectivity index is 1.69. The monoisotopic (exact) mass is 399 g/mol. The number of halogens is 1. The molecule has 26 heavy (non-hydrogen) atoms. The van der Waals surface area contributed by atoms with Crippen LogP contribution in [0.15, 0.2) is 29.3 Å². The SMILES string of the molecule is CN=C(NCC1(c2cccc(Cl)c2)CCOCC1)NC1CCS(=O)(=O)C1. The number of hydrogen-bond donors (Lipinski definition) is 2. The molecule has 144 valence electrons. The van der Waals surface area contributed by atoms with Gasteiger partial charge in [-0.15, -0.1) is 0 Å². The van der Waals surface area contributed by atoms with Crippen LogP contribution in [0, 0.1) is 0 Å². The molecule has 8 heteroatoms. The highest BCUT2D eigenvalue weighted by Gasteiger charge is 2.35. The second kappa shape index (κ2) is 8.15. The normalized spacial score (nSPS) is 25.0. The number of nitrogens with zero attached hydrogens (tertiary/aromatic N) is 1. The number of hydrogen-bond acceptors (Lipinski definition) is 4. The van der Waals surface area contributed by atoms with Crippen LogP contribution in [0.5, 0.6) is 0 Å². The summed E-state index contributed by atoms with van der Waals surface area (Å²) in [5.74, 6) is 1.05. The van der Waals surface area contributed by atoms with Crippen molar-refractivity contribution in [3.05, 3.63) is 34.9 Å². The van der Waals surface area contributed by atoms with Crippen LogP contribution in [0.3, 0.4) is 0 Å². The van der Waals surface area contributed by atoms with Crippen molar-refractivity contribution in [2.45, 2.75) is 30.7 Å². The van der Waals surface area contributed by atoms with Gasteiger partial charge in [-0.3, -0.25) is 4.99 Å². The Bertz CT molecular complexity index is 761. The Labute approximate surface area is 160 Å². The zero-order valence-corrected chi connectivity index (χ0v) is 16.6. The van der Waals surface area contributed by atoms with Crippen molar-refractivity contribution in [1.82, 2.24) is 10.6 Å². The molecule has 2 fully saturated rings. The molecule has 0 aromatic heterocycles. The third-order valence-corrected chi connectivity index (χ3v) is 7.28. The molecule has 3 rings (SSSR count). The first kappa shape index (κ1) is 19.5. The Morgan fingerprint density at radius 3 is 2.77 bits per heavy atom. The lowest BCUT2D eigenvalue weighted by Gasteiger charge is -2.38. The van der Waals surface area contributed by atoms with Gasteiger partial charge in [0, 0.05) is 43.3 Å². The third kappa shape index (κ3) is 4.69. The predicted octanol–water partition coefficient (Wildman–Crippen LogP) is 1.74. The fraction of sp³-hybridized carbons (Fsp3) is 0.611. The largest absolute Gasteiger partial charge is 0.381 e. The highest BCUT2D eigenvalue weighted by atomic mass is 35.5. The third-order valence-electron chi connectivity index (χ3n) is 5.28. The molecular formula is C18H26ClN3O3S. The zero-order valence-electron chi connectivity index (χ0n) is 15.0. The van der Waals surface area contributed by atoms with Crippen LogP contribution in [0.2, 0.25) is 5.02 Å². The molecule has 0 saturated carbocycles. The number of aliphatic imine (C=N–C) groups is 1.